The van der Waals surface area contributed by atoms with Crippen LogP contribution in [0.4, 0.5) is 19.1 Å². The van der Waals surface area contributed by atoms with Crippen LogP contribution in [-0.4, -0.2) is 40.8 Å². The van der Waals surface area contributed by atoms with Crippen LogP contribution in [0, 0.1) is 0 Å². The van der Waals surface area contributed by atoms with Gasteiger partial charge in [0.25, 0.3) is 0 Å². The number of fused-ring (bicyclic) bond motifs is 1. The fourth-order valence-corrected chi connectivity index (χ4v) is 3.91. The van der Waals surface area contributed by atoms with Gasteiger partial charge in [-0.2, -0.15) is 0 Å². The van der Waals surface area contributed by atoms with Gasteiger partial charge in [-0.15, -0.1) is 13.2 Å². The second kappa shape index (κ2) is 11.9. The predicted octanol–water partition coefficient (Wildman–Crippen LogP) is 6.04. The smallest absolute Gasteiger partial charge is 0.493 e. The van der Waals surface area contributed by atoms with Crippen LogP contribution in [0.3, 0.4) is 0 Å². The largest absolute Gasteiger partial charge is 0.573 e. The molecule has 0 fully saturated rings. The van der Waals surface area contributed by atoms with E-state index in [1.807, 2.05) is 48.9 Å². The van der Waals surface area contributed by atoms with Gasteiger partial charge < -0.3 is 19.9 Å². The molecule has 0 radical (unpaired) electrons. The highest BCUT2D eigenvalue weighted by atomic mass is 19.4. The lowest BCUT2D eigenvalue weighted by atomic mass is 10.1. The van der Waals surface area contributed by atoms with Crippen molar-refractivity contribution in [3.8, 4) is 17.2 Å². The monoisotopic (exact) mass is 539 g/mol. The first-order valence-corrected chi connectivity index (χ1v) is 12.1. The van der Waals surface area contributed by atoms with Crippen molar-refractivity contribution in [3.63, 3.8) is 0 Å². The van der Waals surface area contributed by atoms with Gasteiger partial charge >= 0.3 is 6.36 Å². The number of anilines is 1. The van der Waals surface area contributed by atoms with Gasteiger partial charge in [-0.3, -0.25) is 9.56 Å². The summed E-state index contributed by atoms with van der Waals surface area (Å²) >= 11 is 0. The molecule has 204 valence electrons. The van der Waals surface area contributed by atoms with Crippen molar-refractivity contribution in [2.45, 2.75) is 33.4 Å². The quantitative estimate of drug-likeness (QED) is 0.247. The van der Waals surface area contributed by atoms with Crippen molar-refractivity contribution in [3.05, 3.63) is 77.5 Å². The second-order valence-corrected chi connectivity index (χ2v) is 8.46. The average molecular weight is 540 g/mol. The van der Waals surface area contributed by atoms with Crippen LogP contribution in [0.2, 0.25) is 0 Å². The Morgan fingerprint density at radius 2 is 1.82 bits per heavy atom. The molecule has 0 aliphatic carbocycles. The number of methoxy groups -OCH3 is 1. The lowest BCUT2D eigenvalue weighted by Crippen LogP contribution is -2.17. The van der Waals surface area contributed by atoms with Crippen LogP contribution < -0.4 is 19.9 Å². The summed E-state index contributed by atoms with van der Waals surface area (Å²) in [5.41, 5.74) is 11.0. The topological polar surface area (TPSA) is 96.8 Å². The minimum Gasteiger partial charge on any atom is -0.493 e. The SMILES string of the molecule is C/C=C(\C=N/CC)c1cnc2c(c1)nc(N)n2Cc1ccc(OCc2ccc(OC(F)(F)F)cc2)c(OC)c1. The summed E-state index contributed by atoms with van der Waals surface area (Å²) in [6.45, 7) is 5.14. The predicted molar refractivity (Wildman–Crippen MR) is 144 cm³/mol. The van der Waals surface area contributed by atoms with Gasteiger partial charge in [-0.25, -0.2) is 9.97 Å². The molecule has 8 nitrogen and oxygen atoms in total. The standard InChI is InChI=1S/C28H28F3N5O3/c1-4-20(14-33-5-2)21-13-23-26(34-15-21)36(27(32)35-23)16-19-8-11-24(25(12-19)37-3)38-17-18-6-9-22(10-7-18)39-28(29,30)31/h4,6-15H,5,16-17H2,1-3H3,(H2,32,35)/b20-4+,33-14-. The summed E-state index contributed by atoms with van der Waals surface area (Å²) in [7, 11) is 1.53. The Morgan fingerprint density at radius 3 is 2.49 bits per heavy atom. The molecule has 0 spiro atoms. The van der Waals surface area contributed by atoms with Crippen molar-refractivity contribution >= 4 is 28.9 Å². The first-order valence-electron chi connectivity index (χ1n) is 12.1. The third-order valence-corrected chi connectivity index (χ3v) is 5.79. The molecule has 0 aliphatic rings. The minimum atomic E-state index is -4.74. The molecule has 0 saturated carbocycles. The van der Waals surface area contributed by atoms with E-state index in [4.69, 9.17) is 15.2 Å². The average Bonchev–Trinajstić information content (AvgIpc) is 3.22. The van der Waals surface area contributed by atoms with E-state index in [1.165, 1.54) is 31.4 Å². The molecule has 0 aliphatic heterocycles. The normalized spacial score (nSPS) is 12.3. The van der Waals surface area contributed by atoms with Gasteiger partial charge in [-0.1, -0.05) is 24.3 Å². The summed E-state index contributed by atoms with van der Waals surface area (Å²) in [4.78, 5) is 13.4. The van der Waals surface area contributed by atoms with Gasteiger partial charge in [0.15, 0.2) is 17.1 Å². The van der Waals surface area contributed by atoms with Gasteiger partial charge in [0.05, 0.1) is 13.7 Å². The van der Waals surface area contributed by atoms with E-state index in [0.29, 0.717) is 47.3 Å². The molecule has 0 unspecified atom stereocenters. The van der Waals surface area contributed by atoms with E-state index in [2.05, 4.69) is 19.7 Å². The van der Waals surface area contributed by atoms with Crippen LogP contribution in [0.1, 0.15) is 30.5 Å². The summed E-state index contributed by atoms with van der Waals surface area (Å²) in [6, 6.07) is 12.9. The van der Waals surface area contributed by atoms with Crippen molar-refractivity contribution < 1.29 is 27.4 Å². The number of alkyl halides is 3. The van der Waals surface area contributed by atoms with Crippen LogP contribution in [0.5, 0.6) is 17.2 Å². The minimum absolute atomic E-state index is 0.129. The molecule has 0 amide bonds. The molecular weight excluding hydrogens is 511 g/mol. The Kier molecular flexibility index (Phi) is 8.38. The van der Waals surface area contributed by atoms with E-state index in [9.17, 15) is 13.2 Å². The van der Waals surface area contributed by atoms with E-state index in [1.54, 1.807) is 12.3 Å². The second-order valence-electron chi connectivity index (χ2n) is 8.46. The third-order valence-electron chi connectivity index (χ3n) is 5.79. The van der Waals surface area contributed by atoms with Gasteiger partial charge in [0.2, 0.25) is 5.95 Å². The first kappa shape index (κ1) is 27.5. The molecule has 0 atom stereocenters. The maximum Gasteiger partial charge on any atom is 0.573 e. The molecule has 0 bridgehead atoms. The summed E-state index contributed by atoms with van der Waals surface area (Å²) in [6.07, 6.45) is 0.821. The summed E-state index contributed by atoms with van der Waals surface area (Å²) < 4.78 is 54.1. The maximum atomic E-state index is 12.4. The Balaban J connectivity index is 1.49. The van der Waals surface area contributed by atoms with Crippen molar-refractivity contribution in [2.24, 2.45) is 4.99 Å². The van der Waals surface area contributed by atoms with E-state index < -0.39 is 6.36 Å². The Hall–Kier alpha value is -4.54. The number of pyridine rings is 1. The Labute approximate surface area is 223 Å². The third kappa shape index (κ3) is 6.86. The van der Waals surface area contributed by atoms with Crippen molar-refractivity contribution in [1.82, 2.24) is 14.5 Å². The Bertz CT molecular complexity index is 1500. The number of nitrogen functional groups attached to an aromatic ring is 1. The highest BCUT2D eigenvalue weighted by molar-refractivity contribution is 6.10. The lowest BCUT2D eigenvalue weighted by Gasteiger charge is -2.14. The Morgan fingerprint density at radius 1 is 1.08 bits per heavy atom. The summed E-state index contributed by atoms with van der Waals surface area (Å²) in [5.74, 6) is 1.01. The molecule has 2 N–H and O–H groups in total. The highest BCUT2D eigenvalue weighted by Gasteiger charge is 2.31. The molecule has 39 heavy (non-hydrogen) atoms. The number of nitrogens with zero attached hydrogens (tertiary/aromatic N) is 4. The molecule has 4 rings (SSSR count). The van der Waals surface area contributed by atoms with Crippen LogP contribution in [-0.2, 0) is 13.2 Å². The molecule has 4 aromatic rings. The molecule has 11 heteroatoms. The fraction of sp³-hybridized carbons (Fsp3) is 0.250. The van der Waals surface area contributed by atoms with Crippen molar-refractivity contribution in [2.75, 3.05) is 19.4 Å². The maximum absolute atomic E-state index is 12.4. The van der Waals surface area contributed by atoms with Gasteiger partial charge in [0.1, 0.15) is 17.9 Å². The number of rotatable bonds is 10. The number of halogens is 3. The van der Waals surface area contributed by atoms with Crippen molar-refractivity contribution in [1.29, 1.82) is 0 Å². The lowest BCUT2D eigenvalue weighted by molar-refractivity contribution is -0.274. The zero-order chi connectivity index (χ0) is 28.0. The van der Waals surface area contributed by atoms with E-state index in [0.717, 1.165) is 16.7 Å². The van der Waals surface area contributed by atoms with Crippen LogP contribution in [0.15, 0.2) is 65.8 Å². The first-order chi connectivity index (χ1) is 18.7. The van der Waals surface area contributed by atoms with E-state index >= 15 is 0 Å². The summed E-state index contributed by atoms with van der Waals surface area (Å²) in [5, 5.41) is 0. The number of hydrogen-bond acceptors (Lipinski definition) is 7. The van der Waals surface area contributed by atoms with Crippen LogP contribution >= 0.6 is 0 Å². The molecule has 2 aromatic carbocycles. The van der Waals surface area contributed by atoms with E-state index in [-0.39, 0.29) is 12.4 Å². The number of imidazole rings is 1. The number of aromatic nitrogens is 3. The molecule has 2 heterocycles. The van der Waals surface area contributed by atoms with Gasteiger partial charge in [-0.05, 0) is 60.9 Å². The zero-order valence-corrected chi connectivity index (χ0v) is 21.7. The highest BCUT2D eigenvalue weighted by Crippen LogP contribution is 2.31. The zero-order valence-electron chi connectivity index (χ0n) is 21.7. The molecular formula is C28H28F3N5O3. The van der Waals surface area contributed by atoms with Gasteiger partial charge in [0, 0.05) is 24.5 Å². The number of hydrogen-bond donors (Lipinski definition) is 1. The van der Waals surface area contributed by atoms with Crippen LogP contribution in [0.25, 0.3) is 16.7 Å². The number of ether oxygens (including phenoxy) is 3. The fourth-order valence-electron chi connectivity index (χ4n) is 3.91. The number of benzene rings is 2. The number of allylic oxidation sites excluding steroid dienone is 2. The molecule has 0 saturated heterocycles. The number of aliphatic imine (C=N–C) groups is 1. The molecule has 2 aromatic heterocycles. The number of nitrogens with two attached hydrogens (primary N) is 1.